The third kappa shape index (κ3) is 7.66. The van der Waals surface area contributed by atoms with Crippen LogP contribution in [0.2, 0.25) is 0 Å². The summed E-state index contributed by atoms with van der Waals surface area (Å²) < 4.78 is 28.3. The van der Waals surface area contributed by atoms with Crippen LogP contribution >= 0.6 is 23.5 Å². The molecule has 2 aromatic heterocycles. The first-order valence-electron chi connectivity index (χ1n) is 13.6. The molecule has 0 amide bonds. The van der Waals surface area contributed by atoms with Crippen molar-refractivity contribution in [3.63, 3.8) is 0 Å². The van der Waals surface area contributed by atoms with E-state index in [0.29, 0.717) is 48.9 Å². The molecule has 2 unspecified atom stereocenters. The van der Waals surface area contributed by atoms with Crippen LogP contribution in [0.25, 0.3) is 0 Å². The lowest BCUT2D eigenvalue weighted by Gasteiger charge is -2.27. The highest BCUT2D eigenvalue weighted by atomic mass is 32.2. The van der Waals surface area contributed by atoms with Crippen LogP contribution in [0.4, 0.5) is 0 Å². The van der Waals surface area contributed by atoms with Gasteiger partial charge in [0.1, 0.15) is 0 Å². The van der Waals surface area contributed by atoms with Gasteiger partial charge in [0.2, 0.25) is 0 Å². The largest absolute Gasteiger partial charge is 0.494 e. The zero-order chi connectivity index (χ0) is 29.2. The van der Waals surface area contributed by atoms with Crippen LogP contribution in [0.15, 0.2) is 31.5 Å². The van der Waals surface area contributed by atoms with Crippen LogP contribution in [0, 0.1) is 10.8 Å². The van der Waals surface area contributed by atoms with Gasteiger partial charge in [0.15, 0.2) is 11.8 Å². The average Bonchev–Trinajstić information content (AvgIpc) is 3.55. The van der Waals surface area contributed by atoms with Gasteiger partial charge in [-0.15, -0.1) is 23.5 Å². The van der Waals surface area contributed by atoms with Crippen molar-refractivity contribution in [2.75, 3.05) is 34.5 Å². The molecule has 2 aromatic rings. The van der Waals surface area contributed by atoms with E-state index in [2.05, 4.69) is 0 Å². The molecule has 4 rings (SSSR count). The number of nitrogens with zero attached hydrogens (tertiary/aromatic N) is 2. The molecule has 0 saturated carbocycles. The van der Waals surface area contributed by atoms with Crippen molar-refractivity contribution in [3.8, 4) is 11.8 Å². The normalized spacial score (nSPS) is 16.6. The molecule has 2 aliphatic rings. The quantitative estimate of drug-likeness (QED) is 0.345. The molecule has 0 aliphatic carbocycles. The van der Waals surface area contributed by atoms with Gasteiger partial charge in [-0.2, -0.15) is 0 Å². The lowest BCUT2D eigenvalue weighted by atomic mass is 9.90. The molecule has 0 spiro atoms. The molecular formula is C28H40N2O6S4. The molecule has 222 valence electrons. The zero-order valence-electron chi connectivity index (χ0n) is 23.7. The van der Waals surface area contributed by atoms with E-state index in [0.717, 1.165) is 45.3 Å². The van der Waals surface area contributed by atoms with Gasteiger partial charge in [-0.1, -0.05) is 27.7 Å². The lowest BCUT2D eigenvalue weighted by molar-refractivity contribution is 0.268. The van der Waals surface area contributed by atoms with Gasteiger partial charge in [0.25, 0.3) is 11.1 Å². The number of hydrogen-bond donors (Lipinski definition) is 2. The van der Waals surface area contributed by atoms with E-state index in [-0.39, 0.29) is 33.7 Å². The van der Waals surface area contributed by atoms with Crippen molar-refractivity contribution in [1.82, 2.24) is 9.13 Å². The van der Waals surface area contributed by atoms with Crippen LogP contribution in [-0.2, 0) is 47.5 Å². The summed E-state index contributed by atoms with van der Waals surface area (Å²) in [7, 11) is -2.29. The molecule has 4 heterocycles. The number of hydrogen-bond acceptors (Lipinski definition) is 8. The Kier molecular flexibility index (Phi) is 10.1. The molecule has 0 radical (unpaired) electrons. The summed E-state index contributed by atoms with van der Waals surface area (Å²) in [5, 5.41) is 21.3. The Morgan fingerprint density at radius 2 is 1.10 bits per heavy atom. The lowest BCUT2D eigenvalue weighted by Crippen LogP contribution is -2.30. The minimum Gasteiger partial charge on any atom is -0.494 e. The van der Waals surface area contributed by atoms with Crippen molar-refractivity contribution >= 4 is 45.1 Å². The maximum absolute atomic E-state index is 12.7. The van der Waals surface area contributed by atoms with Crippen molar-refractivity contribution in [1.29, 1.82) is 0 Å². The van der Waals surface area contributed by atoms with E-state index < -0.39 is 21.6 Å². The molecule has 12 heteroatoms. The standard InChI is InChI=1S/C28H40N2O6S4/c1-27(2,17-29-23(31)15-21-19(25(29)33)5-9-37-21)7-11-39(35)13-14-40(36)12-8-28(3,4)18-30-24(32)16-22-20(26(30)34)6-10-38-22/h15-16,33-34H,5-14,17-18H2,1-4H3. The Morgan fingerprint density at radius 3 is 1.48 bits per heavy atom. The average molecular weight is 629 g/mol. The molecule has 40 heavy (non-hydrogen) atoms. The minimum absolute atomic E-state index is 0.0512. The van der Waals surface area contributed by atoms with Crippen molar-refractivity contribution in [2.24, 2.45) is 10.8 Å². The van der Waals surface area contributed by atoms with Crippen molar-refractivity contribution < 1.29 is 18.6 Å². The number of pyridine rings is 2. The number of fused-ring (bicyclic) bond motifs is 2. The predicted octanol–water partition coefficient (Wildman–Crippen LogP) is 3.75. The third-order valence-corrected chi connectivity index (χ3v) is 12.7. The molecule has 2 N–H and O–H groups in total. The molecule has 2 aliphatic heterocycles. The molecule has 0 bridgehead atoms. The number of aromatic nitrogens is 2. The maximum atomic E-state index is 12.7. The summed E-state index contributed by atoms with van der Waals surface area (Å²) in [5.41, 5.74) is 0.552. The molecule has 2 atom stereocenters. The second kappa shape index (κ2) is 12.8. The Balaban J connectivity index is 1.22. The van der Waals surface area contributed by atoms with Crippen LogP contribution in [0.3, 0.4) is 0 Å². The fraction of sp³-hybridized carbons (Fsp3) is 0.643. The topological polar surface area (TPSA) is 119 Å². The van der Waals surface area contributed by atoms with Crippen LogP contribution in [0.1, 0.15) is 51.7 Å². The van der Waals surface area contributed by atoms with Gasteiger partial charge >= 0.3 is 0 Å². The summed E-state index contributed by atoms with van der Waals surface area (Å²) in [5.74, 6) is 3.39. The van der Waals surface area contributed by atoms with Crippen LogP contribution in [0.5, 0.6) is 11.8 Å². The van der Waals surface area contributed by atoms with Crippen LogP contribution in [-0.4, -0.2) is 62.3 Å². The van der Waals surface area contributed by atoms with E-state index in [1.54, 1.807) is 35.7 Å². The van der Waals surface area contributed by atoms with E-state index in [1.807, 2.05) is 27.7 Å². The highest BCUT2D eigenvalue weighted by molar-refractivity contribution is 7.99. The summed E-state index contributed by atoms with van der Waals surface area (Å²) in [6.07, 6.45) is 2.71. The Morgan fingerprint density at radius 1 is 0.725 bits per heavy atom. The smallest absolute Gasteiger partial charge is 0.254 e. The Bertz CT molecular complexity index is 1320. The molecule has 0 saturated heterocycles. The summed E-state index contributed by atoms with van der Waals surface area (Å²) in [6, 6.07) is 3.20. The number of thioether (sulfide) groups is 2. The third-order valence-electron chi connectivity index (χ3n) is 7.63. The first kappa shape index (κ1) is 31.4. The highest BCUT2D eigenvalue weighted by Gasteiger charge is 2.27. The number of aromatic hydroxyl groups is 2. The van der Waals surface area contributed by atoms with E-state index >= 15 is 0 Å². The fourth-order valence-corrected chi connectivity index (χ4v) is 10.7. The van der Waals surface area contributed by atoms with E-state index in [9.17, 15) is 28.2 Å². The number of rotatable bonds is 13. The second-order valence-electron chi connectivity index (χ2n) is 12.2. The molecule has 0 aromatic carbocycles. The SMILES string of the molecule is CC(C)(CCS(=O)CCS(=O)CCC(C)(C)Cn1c(O)c2c(cc1=O)SCC2)Cn1c(O)c2c(cc1=O)SCC2. The monoisotopic (exact) mass is 628 g/mol. The first-order valence-corrected chi connectivity index (χ1v) is 18.6. The highest BCUT2D eigenvalue weighted by Crippen LogP contribution is 2.37. The minimum atomic E-state index is -1.14. The maximum Gasteiger partial charge on any atom is 0.254 e. The van der Waals surface area contributed by atoms with E-state index in [1.165, 1.54) is 9.13 Å². The summed E-state index contributed by atoms with van der Waals surface area (Å²) >= 11 is 3.18. The van der Waals surface area contributed by atoms with Crippen molar-refractivity contribution in [3.05, 3.63) is 44.0 Å². The van der Waals surface area contributed by atoms with Crippen LogP contribution < -0.4 is 11.1 Å². The molecule has 0 fully saturated rings. The van der Waals surface area contributed by atoms with Gasteiger partial charge in [0, 0.05) is 102 Å². The predicted molar refractivity (Wildman–Crippen MR) is 166 cm³/mol. The van der Waals surface area contributed by atoms with Gasteiger partial charge in [0.05, 0.1) is 0 Å². The first-order chi connectivity index (χ1) is 18.8. The molecule has 8 nitrogen and oxygen atoms in total. The van der Waals surface area contributed by atoms with E-state index in [4.69, 9.17) is 0 Å². The summed E-state index contributed by atoms with van der Waals surface area (Å²) in [4.78, 5) is 26.9. The fourth-order valence-electron chi connectivity index (χ4n) is 5.05. The van der Waals surface area contributed by atoms with Gasteiger partial charge in [-0.25, -0.2) is 0 Å². The van der Waals surface area contributed by atoms with Crippen molar-refractivity contribution in [2.45, 2.75) is 76.3 Å². The van der Waals surface area contributed by atoms with Gasteiger partial charge < -0.3 is 10.2 Å². The summed E-state index contributed by atoms with van der Waals surface area (Å²) in [6.45, 7) is 8.69. The zero-order valence-corrected chi connectivity index (χ0v) is 27.0. The van der Waals surface area contributed by atoms with Gasteiger partial charge in [-0.3, -0.25) is 27.1 Å². The van der Waals surface area contributed by atoms with Gasteiger partial charge in [-0.05, 0) is 36.5 Å². The second-order valence-corrected chi connectivity index (χ2v) is 17.9. The Hall–Kier alpha value is -1.50. The Labute approximate surface area is 249 Å². The molecular weight excluding hydrogens is 589 g/mol.